The third kappa shape index (κ3) is 2.24. The van der Waals surface area contributed by atoms with Crippen LogP contribution in [0.3, 0.4) is 0 Å². The minimum Gasteiger partial charge on any atom is -0.282 e. The molecule has 0 fully saturated rings. The van der Waals surface area contributed by atoms with E-state index in [2.05, 4.69) is 4.98 Å². The zero-order chi connectivity index (χ0) is 15.9. The molecule has 7 nitrogen and oxygen atoms in total. The molecule has 0 bridgehead atoms. The van der Waals surface area contributed by atoms with E-state index in [4.69, 9.17) is 0 Å². The molecule has 1 aromatic heterocycles. The molecule has 3 rings (SSSR count). The van der Waals surface area contributed by atoms with Gasteiger partial charge in [0, 0.05) is 0 Å². The zero-order valence-electron chi connectivity index (χ0n) is 11.1. The van der Waals surface area contributed by atoms with Crippen LogP contribution in [0.15, 0.2) is 63.0 Å². The Morgan fingerprint density at radius 2 is 1.64 bits per heavy atom. The van der Waals surface area contributed by atoms with E-state index in [1.165, 1.54) is 12.1 Å². The molecule has 0 spiro atoms. The Hall–Kier alpha value is -2.71. The molecule has 22 heavy (non-hydrogen) atoms. The summed E-state index contributed by atoms with van der Waals surface area (Å²) in [5.41, 5.74) is -1.31. The van der Waals surface area contributed by atoms with Gasteiger partial charge in [-0.15, -0.1) is 0 Å². The van der Waals surface area contributed by atoms with Gasteiger partial charge >= 0.3 is 5.69 Å². The smallest absolute Gasteiger partial charge is 0.282 e. The lowest BCUT2D eigenvalue weighted by atomic mass is 10.2. The molecule has 0 aliphatic rings. The van der Waals surface area contributed by atoms with Crippen LogP contribution in [0.5, 0.6) is 0 Å². The van der Waals surface area contributed by atoms with Gasteiger partial charge in [0.1, 0.15) is 4.90 Å². The van der Waals surface area contributed by atoms with Gasteiger partial charge in [-0.1, -0.05) is 24.3 Å². The number of benzene rings is 2. The molecule has 0 atom stereocenters. The summed E-state index contributed by atoms with van der Waals surface area (Å²) in [6.07, 6.45) is 0. The monoisotopic (exact) mass is 318 g/mol. The maximum absolute atomic E-state index is 12.2. The van der Waals surface area contributed by atoms with Crippen LogP contribution in [0, 0.1) is 0 Å². The number of rotatable bonds is 2. The average Bonchev–Trinajstić information content (AvgIpc) is 2.47. The maximum Gasteiger partial charge on any atom is 0.333 e. The molecule has 0 saturated heterocycles. The number of H-pyrrole nitrogens is 1. The van der Waals surface area contributed by atoms with E-state index in [-0.39, 0.29) is 10.9 Å². The molecule has 0 aliphatic carbocycles. The van der Waals surface area contributed by atoms with Crippen LogP contribution >= 0.6 is 0 Å². The predicted molar refractivity (Wildman–Crippen MR) is 80.0 cm³/mol. The highest BCUT2D eigenvalue weighted by Gasteiger charge is 2.20. The van der Waals surface area contributed by atoms with Crippen LogP contribution in [0.4, 0.5) is 0 Å². The molecule has 0 radical (unpaired) electrons. The summed E-state index contributed by atoms with van der Waals surface area (Å²) < 4.78 is 33.6. The lowest BCUT2D eigenvalue weighted by molar-refractivity contribution is 0.484. The molecule has 8 heteroatoms. The molecular weight excluding hydrogens is 308 g/mol. The van der Waals surface area contributed by atoms with Crippen molar-refractivity contribution in [3.8, 4) is 5.69 Å². The molecule has 0 saturated carbocycles. The predicted octanol–water partition coefficient (Wildman–Crippen LogP) is 0.926. The van der Waals surface area contributed by atoms with Gasteiger partial charge in [0.15, 0.2) is 0 Å². The van der Waals surface area contributed by atoms with Crippen LogP contribution < -0.4 is 11.2 Å². The summed E-state index contributed by atoms with van der Waals surface area (Å²) in [4.78, 5) is 25.7. The van der Waals surface area contributed by atoms with E-state index in [0.717, 1.165) is 10.6 Å². The normalized spacial score (nSPS) is 11.7. The van der Waals surface area contributed by atoms with Crippen molar-refractivity contribution in [2.45, 2.75) is 4.90 Å². The Kier molecular flexibility index (Phi) is 3.19. The second-order valence-corrected chi connectivity index (χ2v) is 5.95. The van der Waals surface area contributed by atoms with E-state index >= 15 is 0 Å². The second kappa shape index (κ2) is 4.93. The molecule has 2 aromatic carbocycles. The molecule has 1 heterocycles. The Morgan fingerprint density at radius 1 is 0.955 bits per heavy atom. The van der Waals surface area contributed by atoms with Crippen molar-refractivity contribution in [2.75, 3.05) is 0 Å². The number of aromatic amines is 1. The van der Waals surface area contributed by atoms with E-state index < -0.39 is 26.3 Å². The third-order valence-electron chi connectivity index (χ3n) is 3.18. The number of para-hydroxylation sites is 2. The largest absolute Gasteiger partial charge is 0.333 e. The topological polar surface area (TPSA) is 109 Å². The first-order chi connectivity index (χ1) is 10.4. The Labute approximate surface area is 124 Å². The van der Waals surface area contributed by atoms with Gasteiger partial charge in [-0.3, -0.25) is 18.9 Å². The first kappa shape index (κ1) is 14.2. The molecule has 112 valence electrons. The summed E-state index contributed by atoms with van der Waals surface area (Å²) in [5.74, 6) is 0. The van der Waals surface area contributed by atoms with Crippen molar-refractivity contribution in [3.63, 3.8) is 0 Å². The SMILES string of the molecule is O=c1[nH]c(=O)n(-c2ccccc2)c2c(S(=O)(=O)O)cccc12. The fraction of sp³-hybridized carbons (Fsp3) is 0. The van der Waals surface area contributed by atoms with Gasteiger partial charge in [-0.25, -0.2) is 4.79 Å². The summed E-state index contributed by atoms with van der Waals surface area (Å²) >= 11 is 0. The van der Waals surface area contributed by atoms with E-state index in [1.807, 2.05) is 0 Å². The number of nitrogens with zero attached hydrogens (tertiary/aromatic N) is 1. The molecule has 0 aliphatic heterocycles. The van der Waals surface area contributed by atoms with Crippen molar-refractivity contribution in [3.05, 3.63) is 69.4 Å². The molecule has 0 unspecified atom stereocenters. The number of aromatic nitrogens is 2. The van der Waals surface area contributed by atoms with Crippen LogP contribution in [-0.4, -0.2) is 22.5 Å². The first-order valence-corrected chi connectivity index (χ1v) is 7.64. The summed E-state index contributed by atoms with van der Waals surface area (Å²) in [7, 11) is -4.61. The van der Waals surface area contributed by atoms with E-state index in [1.54, 1.807) is 30.3 Å². The van der Waals surface area contributed by atoms with E-state index in [9.17, 15) is 22.6 Å². The summed E-state index contributed by atoms with van der Waals surface area (Å²) in [6.45, 7) is 0. The van der Waals surface area contributed by atoms with Crippen molar-refractivity contribution < 1.29 is 13.0 Å². The number of nitrogens with one attached hydrogen (secondary N) is 1. The van der Waals surface area contributed by atoms with Crippen LogP contribution in [-0.2, 0) is 10.1 Å². The highest BCUT2D eigenvalue weighted by atomic mass is 32.2. The van der Waals surface area contributed by atoms with Crippen molar-refractivity contribution >= 4 is 21.0 Å². The fourth-order valence-corrected chi connectivity index (χ4v) is 2.99. The highest BCUT2D eigenvalue weighted by molar-refractivity contribution is 7.86. The second-order valence-electron chi connectivity index (χ2n) is 4.56. The number of hydrogen-bond donors (Lipinski definition) is 2. The van der Waals surface area contributed by atoms with Crippen LogP contribution in [0.1, 0.15) is 0 Å². The van der Waals surface area contributed by atoms with Gasteiger partial charge in [0.05, 0.1) is 16.6 Å². The Morgan fingerprint density at radius 3 is 2.27 bits per heavy atom. The van der Waals surface area contributed by atoms with Crippen molar-refractivity contribution in [1.29, 1.82) is 0 Å². The number of fused-ring (bicyclic) bond motifs is 1. The van der Waals surface area contributed by atoms with Gasteiger partial charge in [0.25, 0.3) is 15.7 Å². The Bertz CT molecular complexity index is 1080. The van der Waals surface area contributed by atoms with Crippen LogP contribution in [0.2, 0.25) is 0 Å². The average molecular weight is 318 g/mol. The van der Waals surface area contributed by atoms with E-state index in [0.29, 0.717) is 5.69 Å². The number of hydrogen-bond acceptors (Lipinski definition) is 4. The van der Waals surface area contributed by atoms with Crippen molar-refractivity contribution in [2.24, 2.45) is 0 Å². The lowest BCUT2D eigenvalue weighted by Crippen LogP contribution is -2.30. The summed E-state index contributed by atoms with van der Waals surface area (Å²) in [5, 5.41) is -0.0152. The minimum atomic E-state index is -4.61. The van der Waals surface area contributed by atoms with Gasteiger partial charge < -0.3 is 0 Å². The molecule has 2 N–H and O–H groups in total. The fourth-order valence-electron chi connectivity index (χ4n) is 2.29. The minimum absolute atomic E-state index is 0.0152. The summed E-state index contributed by atoms with van der Waals surface area (Å²) in [6, 6.07) is 12.0. The van der Waals surface area contributed by atoms with Gasteiger partial charge in [-0.2, -0.15) is 8.42 Å². The highest BCUT2D eigenvalue weighted by Crippen LogP contribution is 2.21. The zero-order valence-corrected chi connectivity index (χ0v) is 11.9. The van der Waals surface area contributed by atoms with Gasteiger partial charge in [0.2, 0.25) is 0 Å². The molecule has 3 aromatic rings. The molecular formula is C14H10N2O5S. The molecule has 0 amide bonds. The standard InChI is InChI=1S/C14H10N2O5S/c17-13-10-7-4-8-11(22(19,20)21)12(10)16(14(18)15-13)9-5-2-1-3-6-9/h1-8H,(H,15,17,18)(H,19,20,21). The van der Waals surface area contributed by atoms with Crippen molar-refractivity contribution in [1.82, 2.24) is 9.55 Å². The van der Waals surface area contributed by atoms with Crippen LogP contribution in [0.25, 0.3) is 16.6 Å². The maximum atomic E-state index is 12.2. The first-order valence-electron chi connectivity index (χ1n) is 6.20. The lowest BCUT2D eigenvalue weighted by Gasteiger charge is -2.11. The Balaban J connectivity index is 2.63. The van der Waals surface area contributed by atoms with Gasteiger partial charge in [-0.05, 0) is 24.3 Å². The third-order valence-corrected chi connectivity index (χ3v) is 4.07. The quantitative estimate of drug-likeness (QED) is 0.683.